The number of ether oxygens (including phenoxy) is 1. The highest BCUT2D eigenvalue weighted by Gasteiger charge is 2.41. The number of hydrogen-bond acceptors (Lipinski definition) is 5. The summed E-state index contributed by atoms with van der Waals surface area (Å²) in [5.41, 5.74) is 1.10. The second kappa shape index (κ2) is 10.7. The minimum atomic E-state index is -1.07. The van der Waals surface area contributed by atoms with Crippen LogP contribution in [0.1, 0.15) is 33.2 Å². The monoisotopic (exact) mass is 545 g/mol. The molecule has 35 heavy (non-hydrogen) atoms. The predicted molar refractivity (Wildman–Crippen MR) is 128 cm³/mol. The van der Waals surface area contributed by atoms with Crippen LogP contribution in [-0.2, 0) is 20.7 Å². The van der Waals surface area contributed by atoms with Gasteiger partial charge in [0, 0.05) is 24.1 Å². The number of carbonyl (C=O) groups excluding carboxylic acids is 4. The van der Waals surface area contributed by atoms with Gasteiger partial charge in [-0.25, -0.2) is 4.39 Å². The highest BCUT2D eigenvalue weighted by Crippen LogP contribution is 2.27. The third kappa shape index (κ3) is 5.43. The number of hydrogen-bond donors (Lipinski definition) is 1. The number of nitrogens with one attached hydrogen (secondary N) is 1. The molecule has 2 heterocycles. The highest BCUT2D eigenvalue weighted by atomic mass is 79.9. The average molecular weight is 546 g/mol. The van der Waals surface area contributed by atoms with E-state index in [1.165, 1.54) is 19.1 Å². The second-order valence-corrected chi connectivity index (χ2v) is 9.48. The second-order valence-electron chi connectivity index (χ2n) is 8.56. The van der Waals surface area contributed by atoms with Crippen LogP contribution in [-0.4, -0.2) is 72.3 Å². The van der Waals surface area contributed by atoms with Gasteiger partial charge in [-0.2, -0.15) is 0 Å². The van der Waals surface area contributed by atoms with E-state index in [1.54, 1.807) is 35.2 Å². The van der Waals surface area contributed by atoms with Gasteiger partial charge >= 0.3 is 0 Å². The summed E-state index contributed by atoms with van der Waals surface area (Å²) in [4.78, 5) is 54.4. The third-order valence-corrected chi connectivity index (χ3v) is 6.71. The Kier molecular flexibility index (Phi) is 7.61. The summed E-state index contributed by atoms with van der Waals surface area (Å²) < 4.78 is 19.7. The van der Waals surface area contributed by atoms with Crippen LogP contribution in [0.25, 0.3) is 0 Å². The Labute approximate surface area is 210 Å². The zero-order chi connectivity index (χ0) is 25.1. The van der Waals surface area contributed by atoms with E-state index in [0.717, 1.165) is 4.90 Å². The molecule has 0 bridgehead atoms. The first kappa shape index (κ1) is 25.0. The lowest BCUT2D eigenvalue weighted by molar-refractivity contribution is -0.139. The maximum atomic E-state index is 13.7. The van der Waals surface area contributed by atoms with Gasteiger partial charge in [-0.1, -0.05) is 28.1 Å². The van der Waals surface area contributed by atoms with E-state index < -0.39 is 35.5 Å². The fourth-order valence-corrected chi connectivity index (χ4v) is 4.67. The van der Waals surface area contributed by atoms with Crippen LogP contribution in [0.5, 0.6) is 0 Å². The molecule has 2 atom stereocenters. The Balaban J connectivity index is 1.46. The maximum Gasteiger partial charge on any atom is 0.262 e. The van der Waals surface area contributed by atoms with Gasteiger partial charge in [0.25, 0.3) is 11.8 Å². The van der Waals surface area contributed by atoms with Crippen molar-refractivity contribution >= 4 is 39.6 Å². The lowest BCUT2D eigenvalue weighted by Gasteiger charge is -2.31. The zero-order valence-electron chi connectivity index (χ0n) is 19.1. The molecule has 1 N–H and O–H groups in total. The van der Waals surface area contributed by atoms with Crippen LogP contribution >= 0.6 is 15.9 Å². The van der Waals surface area contributed by atoms with Crippen molar-refractivity contribution in [3.8, 4) is 0 Å². The number of rotatable bonds is 7. The van der Waals surface area contributed by atoms with Gasteiger partial charge in [-0.3, -0.25) is 24.1 Å². The number of nitrogens with zero attached hydrogens (tertiary/aromatic N) is 2. The van der Waals surface area contributed by atoms with Gasteiger partial charge in [0.15, 0.2) is 0 Å². The number of carbonyl (C=O) groups is 4. The van der Waals surface area contributed by atoms with Crippen LogP contribution < -0.4 is 5.32 Å². The van der Waals surface area contributed by atoms with Gasteiger partial charge in [0.05, 0.1) is 30.3 Å². The van der Waals surface area contributed by atoms with E-state index in [4.69, 9.17) is 4.74 Å². The molecule has 0 spiro atoms. The van der Waals surface area contributed by atoms with Gasteiger partial charge in [-0.05, 0) is 49.2 Å². The number of morpholine rings is 1. The molecule has 184 valence electrons. The molecular formula is C25H25BrFN3O5. The first-order valence-corrected chi connectivity index (χ1v) is 12.1. The van der Waals surface area contributed by atoms with Crippen molar-refractivity contribution in [3.05, 3.63) is 69.4 Å². The molecule has 10 heteroatoms. The SMILES string of the molecule is CC(C(=O)NCC(Cc1cccc(F)c1)C(=O)N1CCOCC1)N1C(=O)c2ccc(Br)cc2C1=O. The highest BCUT2D eigenvalue weighted by molar-refractivity contribution is 9.10. The summed E-state index contributed by atoms with van der Waals surface area (Å²) in [6.45, 7) is 3.18. The summed E-state index contributed by atoms with van der Waals surface area (Å²) in [5.74, 6) is -2.87. The van der Waals surface area contributed by atoms with Gasteiger partial charge in [0.2, 0.25) is 11.8 Å². The van der Waals surface area contributed by atoms with Gasteiger partial charge in [-0.15, -0.1) is 0 Å². The van der Waals surface area contributed by atoms with Crippen molar-refractivity contribution in [2.24, 2.45) is 5.92 Å². The Bertz CT molecular complexity index is 1170. The Morgan fingerprint density at radius 1 is 1.09 bits per heavy atom. The van der Waals surface area contributed by atoms with Crippen LogP contribution in [0, 0.1) is 11.7 Å². The van der Waals surface area contributed by atoms with E-state index in [9.17, 15) is 23.6 Å². The molecule has 8 nitrogen and oxygen atoms in total. The lowest BCUT2D eigenvalue weighted by Crippen LogP contribution is -2.51. The normalized spacial score (nSPS) is 17.2. The Morgan fingerprint density at radius 3 is 2.51 bits per heavy atom. The third-order valence-electron chi connectivity index (χ3n) is 6.21. The molecule has 2 aliphatic heterocycles. The summed E-state index contributed by atoms with van der Waals surface area (Å²) in [7, 11) is 0. The average Bonchev–Trinajstić information content (AvgIpc) is 3.10. The first-order valence-electron chi connectivity index (χ1n) is 11.3. The molecule has 2 aliphatic rings. The van der Waals surface area contributed by atoms with E-state index in [-0.39, 0.29) is 30.0 Å². The standard InChI is InChI=1S/C25H25BrFN3O5/c1-15(30-24(33)20-6-5-18(26)13-21(20)25(30)34)22(31)28-14-17(11-16-3-2-4-19(27)12-16)23(32)29-7-9-35-10-8-29/h2-6,12-13,15,17H,7-11,14H2,1H3,(H,28,31). The number of benzene rings is 2. The number of fused-ring (bicyclic) bond motifs is 1. The van der Waals surface area contributed by atoms with Crippen LogP contribution in [0.4, 0.5) is 4.39 Å². The molecule has 2 aromatic rings. The van der Waals surface area contributed by atoms with Crippen LogP contribution in [0.15, 0.2) is 46.9 Å². The fourth-order valence-electron chi connectivity index (χ4n) is 4.31. The smallest absolute Gasteiger partial charge is 0.262 e. The molecule has 2 unspecified atom stereocenters. The first-order chi connectivity index (χ1) is 16.8. The lowest BCUT2D eigenvalue weighted by atomic mass is 9.97. The largest absolute Gasteiger partial charge is 0.378 e. The topological polar surface area (TPSA) is 96.0 Å². The molecule has 0 aromatic heterocycles. The summed E-state index contributed by atoms with van der Waals surface area (Å²) >= 11 is 3.29. The number of amides is 4. The molecule has 1 fully saturated rings. The van der Waals surface area contributed by atoms with E-state index >= 15 is 0 Å². The van der Waals surface area contributed by atoms with Crippen molar-refractivity contribution < 1.29 is 28.3 Å². The van der Waals surface area contributed by atoms with Gasteiger partial charge in [0.1, 0.15) is 11.9 Å². The molecule has 2 aromatic carbocycles. The predicted octanol–water partition coefficient (Wildman–Crippen LogP) is 2.41. The van der Waals surface area contributed by atoms with E-state index in [0.29, 0.717) is 36.3 Å². The summed E-state index contributed by atoms with van der Waals surface area (Å²) in [6.07, 6.45) is 0.226. The van der Waals surface area contributed by atoms with Crippen molar-refractivity contribution in [3.63, 3.8) is 0 Å². The summed E-state index contributed by atoms with van der Waals surface area (Å²) in [5, 5.41) is 2.73. The molecule has 0 radical (unpaired) electrons. The minimum absolute atomic E-state index is 0.0232. The molecule has 0 saturated carbocycles. The van der Waals surface area contributed by atoms with Gasteiger partial charge < -0.3 is 15.0 Å². The minimum Gasteiger partial charge on any atom is -0.378 e. The Morgan fingerprint density at radius 2 is 1.80 bits per heavy atom. The molecule has 4 amide bonds. The molecule has 1 saturated heterocycles. The molecular weight excluding hydrogens is 521 g/mol. The van der Waals surface area contributed by atoms with E-state index in [2.05, 4.69) is 21.2 Å². The number of halogens is 2. The van der Waals surface area contributed by atoms with Crippen LogP contribution in [0.3, 0.4) is 0 Å². The van der Waals surface area contributed by atoms with Crippen molar-refractivity contribution in [1.82, 2.24) is 15.1 Å². The Hall–Kier alpha value is -3.11. The summed E-state index contributed by atoms with van der Waals surface area (Å²) in [6, 6.07) is 9.66. The van der Waals surface area contributed by atoms with E-state index in [1.807, 2.05) is 0 Å². The molecule has 4 rings (SSSR count). The zero-order valence-corrected chi connectivity index (χ0v) is 20.7. The fraction of sp³-hybridized carbons (Fsp3) is 0.360. The van der Waals surface area contributed by atoms with Crippen molar-refractivity contribution in [2.45, 2.75) is 19.4 Å². The van der Waals surface area contributed by atoms with Crippen molar-refractivity contribution in [1.29, 1.82) is 0 Å². The van der Waals surface area contributed by atoms with Crippen molar-refractivity contribution in [2.75, 3.05) is 32.8 Å². The van der Waals surface area contributed by atoms with Crippen LogP contribution in [0.2, 0.25) is 0 Å². The number of imide groups is 1. The quantitative estimate of drug-likeness (QED) is 0.539. The molecule has 0 aliphatic carbocycles. The maximum absolute atomic E-state index is 13.7.